The Bertz CT molecular complexity index is 642. The van der Waals surface area contributed by atoms with Gasteiger partial charge in [0.05, 0.1) is 6.54 Å². The molecule has 23 heavy (non-hydrogen) atoms. The number of ether oxygens (including phenoxy) is 1. The number of para-hydroxylation sites is 1. The highest BCUT2D eigenvalue weighted by Crippen LogP contribution is 2.23. The molecule has 0 unspecified atom stereocenters. The number of urea groups is 1. The topological polar surface area (TPSA) is 50.4 Å². The number of nitrogens with one attached hydrogen (secondary N) is 2. The Kier molecular flexibility index (Phi) is 6.29. The summed E-state index contributed by atoms with van der Waals surface area (Å²) in [6, 6.07) is 14.7. The smallest absolute Gasteiger partial charge is 0.319 e. The summed E-state index contributed by atoms with van der Waals surface area (Å²) >= 11 is 5.81. The number of hydrogen-bond acceptors (Lipinski definition) is 2. The maximum Gasteiger partial charge on any atom is 0.319 e. The minimum absolute atomic E-state index is 0.238. The van der Waals surface area contributed by atoms with E-state index in [1.54, 1.807) is 24.3 Å². The van der Waals surface area contributed by atoms with Gasteiger partial charge >= 0.3 is 6.03 Å². The van der Waals surface area contributed by atoms with E-state index < -0.39 is 0 Å². The fourth-order valence-corrected chi connectivity index (χ4v) is 2.27. The van der Waals surface area contributed by atoms with Gasteiger partial charge in [-0.1, -0.05) is 43.6 Å². The molecule has 2 rings (SSSR count). The molecule has 0 aromatic heterocycles. The first-order valence-corrected chi connectivity index (χ1v) is 7.96. The molecule has 4 nitrogen and oxygen atoms in total. The second-order valence-electron chi connectivity index (χ2n) is 5.43. The van der Waals surface area contributed by atoms with Gasteiger partial charge in [0.15, 0.2) is 0 Å². The zero-order valence-corrected chi connectivity index (χ0v) is 14.1. The molecule has 0 fully saturated rings. The van der Waals surface area contributed by atoms with E-state index >= 15 is 0 Å². The lowest BCUT2D eigenvalue weighted by atomic mass is 10.0. The molecular formula is C18H21ClN2O2. The maximum atomic E-state index is 11.9. The van der Waals surface area contributed by atoms with Crippen LogP contribution in [0.25, 0.3) is 0 Å². The van der Waals surface area contributed by atoms with Crippen LogP contribution < -0.4 is 15.4 Å². The predicted octanol–water partition coefficient (Wildman–Crippen LogP) is 4.66. The number of benzene rings is 2. The number of rotatable bonds is 6. The third kappa shape index (κ3) is 5.49. The maximum absolute atomic E-state index is 11.9. The lowest BCUT2D eigenvalue weighted by molar-refractivity contribution is 0.247. The van der Waals surface area contributed by atoms with Crippen molar-refractivity contribution in [3.63, 3.8) is 0 Å². The SMILES string of the molecule is CC(C)c1ccccc1NC(=O)NCCOc1ccc(Cl)cc1. The van der Waals surface area contributed by atoms with Crippen LogP contribution in [0.5, 0.6) is 5.75 Å². The third-order valence-corrected chi connectivity index (χ3v) is 3.55. The molecule has 0 aliphatic heterocycles. The van der Waals surface area contributed by atoms with Crippen molar-refractivity contribution in [2.45, 2.75) is 19.8 Å². The summed E-state index contributed by atoms with van der Waals surface area (Å²) in [5.41, 5.74) is 1.94. The van der Waals surface area contributed by atoms with Crippen molar-refractivity contribution in [2.75, 3.05) is 18.5 Å². The third-order valence-electron chi connectivity index (χ3n) is 3.30. The minimum atomic E-state index is -0.238. The van der Waals surface area contributed by atoms with Crippen molar-refractivity contribution in [1.29, 1.82) is 0 Å². The van der Waals surface area contributed by atoms with Crippen molar-refractivity contribution in [2.24, 2.45) is 0 Å². The molecular weight excluding hydrogens is 312 g/mol. The fourth-order valence-electron chi connectivity index (χ4n) is 2.15. The van der Waals surface area contributed by atoms with Crippen LogP contribution in [0.3, 0.4) is 0 Å². The summed E-state index contributed by atoms with van der Waals surface area (Å²) in [5.74, 6) is 1.07. The van der Waals surface area contributed by atoms with Gasteiger partial charge in [0.2, 0.25) is 0 Å². The molecule has 0 saturated heterocycles. The lowest BCUT2D eigenvalue weighted by Crippen LogP contribution is -2.32. The molecule has 0 atom stereocenters. The first kappa shape index (κ1) is 17.2. The Labute approximate surface area is 141 Å². The van der Waals surface area contributed by atoms with E-state index in [0.29, 0.717) is 24.1 Å². The summed E-state index contributed by atoms with van der Waals surface area (Å²) < 4.78 is 5.52. The van der Waals surface area contributed by atoms with E-state index in [9.17, 15) is 4.79 Å². The zero-order valence-electron chi connectivity index (χ0n) is 13.3. The van der Waals surface area contributed by atoms with Gasteiger partial charge < -0.3 is 15.4 Å². The summed E-state index contributed by atoms with van der Waals surface area (Å²) in [5, 5.41) is 6.32. The van der Waals surface area contributed by atoms with Crippen LogP contribution in [-0.4, -0.2) is 19.2 Å². The number of amides is 2. The summed E-state index contributed by atoms with van der Waals surface area (Å²) in [6.45, 7) is 5.00. The average Bonchev–Trinajstić information content (AvgIpc) is 2.53. The van der Waals surface area contributed by atoms with Gasteiger partial charge in [0, 0.05) is 10.7 Å². The molecule has 2 amide bonds. The molecule has 0 saturated carbocycles. The van der Waals surface area contributed by atoms with Gasteiger partial charge in [-0.3, -0.25) is 0 Å². The van der Waals surface area contributed by atoms with Gasteiger partial charge in [-0.2, -0.15) is 0 Å². The Morgan fingerprint density at radius 1 is 1.13 bits per heavy atom. The first-order valence-electron chi connectivity index (χ1n) is 7.58. The molecule has 122 valence electrons. The highest BCUT2D eigenvalue weighted by Gasteiger charge is 2.08. The number of halogens is 1. The number of hydrogen-bond donors (Lipinski definition) is 2. The van der Waals surface area contributed by atoms with Gasteiger partial charge in [-0.15, -0.1) is 0 Å². The predicted molar refractivity (Wildman–Crippen MR) is 94.5 cm³/mol. The molecule has 2 aromatic rings. The van der Waals surface area contributed by atoms with Crippen molar-refractivity contribution >= 4 is 23.3 Å². The van der Waals surface area contributed by atoms with Crippen LogP contribution in [0.1, 0.15) is 25.3 Å². The highest BCUT2D eigenvalue weighted by atomic mass is 35.5. The minimum Gasteiger partial charge on any atom is -0.492 e. The van der Waals surface area contributed by atoms with Crippen molar-refractivity contribution < 1.29 is 9.53 Å². The molecule has 5 heteroatoms. The Hall–Kier alpha value is -2.20. The molecule has 0 spiro atoms. The molecule has 0 aliphatic rings. The molecule has 0 aliphatic carbocycles. The Morgan fingerprint density at radius 3 is 2.52 bits per heavy atom. The molecule has 0 radical (unpaired) electrons. The van der Waals surface area contributed by atoms with Crippen LogP contribution >= 0.6 is 11.6 Å². The van der Waals surface area contributed by atoms with Gasteiger partial charge in [-0.05, 0) is 41.8 Å². The normalized spacial score (nSPS) is 10.4. The van der Waals surface area contributed by atoms with E-state index in [2.05, 4.69) is 24.5 Å². The van der Waals surface area contributed by atoms with E-state index in [4.69, 9.17) is 16.3 Å². The Morgan fingerprint density at radius 2 is 1.83 bits per heavy atom. The second-order valence-corrected chi connectivity index (χ2v) is 5.86. The fraction of sp³-hybridized carbons (Fsp3) is 0.278. The monoisotopic (exact) mass is 332 g/mol. The second kappa shape index (κ2) is 8.44. The summed E-state index contributed by atoms with van der Waals surface area (Å²) in [7, 11) is 0. The van der Waals surface area contributed by atoms with E-state index in [1.807, 2.05) is 24.3 Å². The number of carbonyl (C=O) groups is 1. The molecule has 2 aromatic carbocycles. The van der Waals surface area contributed by atoms with Crippen LogP contribution in [-0.2, 0) is 0 Å². The van der Waals surface area contributed by atoms with Gasteiger partial charge in [0.1, 0.15) is 12.4 Å². The van der Waals surface area contributed by atoms with Crippen LogP contribution in [0.15, 0.2) is 48.5 Å². The van der Waals surface area contributed by atoms with Gasteiger partial charge in [0.25, 0.3) is 0 Å². The number of anilines is 1. The van der Waals surface area contributed by atoms with Crippen molar-refractivity contribution in [3.8, 4) is 5.75 Å². The highest BCUT2D eigenvalue weighted by molar-refractivity contribution is 6.30. The summed E-state index contributed by atoms with van der Waals surface area (Å²) in [4.78, 5) is 11.9. The standard InChI is InChI=1S/C18H21ClN2O2/c1-13(2)16-5-3-4-6-17(16)21-18(22)20-11-12-23-15-9-7-14(19)8-10-15/h3-10,13H,11-12H2,1-2H3,(H2,20,21,22). The number of carbonyl (C=O) groups excluding carboxylic acids is 1. The largest absolute Gasteiger partial charge is 0.492 e. The quantitative estimate of drug-likeness (QED) is 0.755. The van der Waals surface area contributed by atoms with Crippen LogP contribution in [0, 0.1) is 0 Å². The summed E-state index contributed by atoms with van der Waals surface area (Å²) in [6.07, 6.45) is 0. The average molecular weight is 333 g/mol. The Balaban J connectivity index is 1.76. The lowest BCUT2D eigenvalue weighted by Gasteiger charge is -2.14. The van der Waals surface area contributed by atoms with E-state index in [-0.39, 0.29) is 6.03 Å². The molecule has 2 N–H and O–H groups in total. The molecule has 0 heterocycles. The van der Waals surface area contributed by atoms with E-state index in [1.165, 1.54) is 0 Å². The molecule has 0 bridgehead atoms. The van der Waals surface area contributed by atoms with E-state index in [0.717, 1.165) is 17.0 Å². The van der Waals surface area contributed by atoms with Crippen LogP contribution in [0.2, 0.25) is 5.02 Å². The van der Waals surface area contributed by atoms with Crippen LogP contribution in [0.4, 0.5) is 10.5 Å². The first-order chi connectivity index (χ1) is 11.1. The zero-order chi connectivity index (χ0) is 16.7. The van der Waals surface area contributed by atoms with Crippen molar-refractivity contribution in [1.82, 2.24) is 5.32 Å². The van der Waals surface area contributed by atoms with Crippen molar-refractivity contribution in [3.05, 3.63) is 59.1 Å². The van der Waals surface area contributed by atoms with Gasteiger partial charge in [-0.25, -0.2) is 4.79 Å².